The van der Waals surface area contributed by atoms with E-state index in [1.54, 1.807) is 0 Å². The zero-order valence-electron chi connectivity index (χ0n) is 12.3. The van der Waals surface area contributed by atoms with Crippen LogP contribution in [0.4, 0.5) is 0 Å². The summed E-state index contributed by atoms with van der Waals surface area (Å²) >= 11 is 0. The van der Waals surface area contributed by atoms with Crippen LogP contribution in [0, 0.1) is 11.8 Å². The van der Waals surface area contributed by atoms with E-state index in [-0.39, 0.29) is 6.10 Å². The van der Waals surface area contributed by atoms with Gasteiger partial charge in [0.15, 0.2) is 6.29 Å². The van der Waals surface area contributed by atoms with Gasteiger partial charge in [0, 0.05) is 6.42 Å². The van der Waals surface area contributed by atoms with Gasteiger partial charge in [-0.05, 0) is 17.4 Å². The molecule has 6 heteroatoms. The van der Waals surface area contributed by atoms with Crippen LogP contribution in [0.3, 0.4) is 0 Å². The number of rotatable bonds is 6. The first-order valence-corrected chi connectivity index (χ1v) is 8.24. The molecule has 0 N–H and O–H groups in total. The molecule has 2 rings (SSSR count). The van der Waals surface area contributed by atoms with E-state index in [4.69, 9.17) is 13.7 Å². The van der Waals surface area contributed by atoms with Crippen LogP contribution in [0.1, 0.15) is 25.8 Å². The molecular weight excluding hydrogens is 292 g/mol. The number of hydrogen-bond donors (Lipinski definition) is 1. The fraction of sp³-hybridized carbons (Fsp3) is 0.600. The highest BCUT2D eigenvalue weighted by Crippen LogP contribution is 2.31. The normalized spacial score (nSPS) is 29.7. The maximum Gasteiger partial charge on any atom is 0.259 e. The van der Waals surface area contributed by atoms with Gasteiger partial charge in [-0.2, -0.15) is 0 Å². The smallest absolute Gasteiger partial charge is 0.259 e. The Hall–Kier alpha value is -0.950. The summed E-state index contributed by atoms with van der Waals surface area (Å²) in [5, 5.41) is 0. The van der Waals surface area contributed by atoms with Gasteiger partial charge in [0.2, 0.25) is 0 Å². The topological polar surface area (TPSA) is 61.8 Å². The molecule has 0 aliphatic carbocycles. The Morgan fingerprint density at radius 3 is 2.62 bits per heavy atom. The van der Waals surface area contributed by atoms with Crippen LogP contribution >= 0.6 is 0 Å². The Kier molecular flexibility index (Phi) is 6.17. The predicted molar refractivity (Wildman–Crippen MR) is 79.1 cm³/mol. The summed E-state index contributed by atoms with van der Waals surface area (Å²) in [4.78, 5) is 0. The second-order valence-corrected chi connectivity index (χ2v) is 6.16. The molecule has 0 saturated carbocycles. The van der Waals surface area contributed by atoms with Gasteiger partial charge in [-0.1, -0.05) is 44.2 Å². The van der Waals surface area contributed by atoms with Crippen LogP contribution in [0.25, 0.3) is 0 Å². The molecule has 5 nitrogen and oxygen atoms in total. The highest BCUT2D eigenvalue weighted by Gasteiger charge is 2.34. The molecule has 1 heterocycles. The van der Waals surface area contributed by atoms with Gasteiger partial charge < -0.3 is 9.47 Å². The summed E-state index contributed by atoms with van der Waals surface area (Å²) < 4.78 is 37.5. The molecule has 1 fully saturated rings. The first-order valence-electron chi connectivity index (χ1n) is 7.14. The molecular formula is C15H22O5S. The average Bonchev–Trinajstić information content (AvgIpc) is 2.44. The minimum Gasteiger partial charge on any atom is -0.374 e. The van der Waals surface area contributed by atoms with Gasteiger partial charge in [0.1, 0.15) is 0 Å². The third-order valence-electron chi connectivity index (χ3n) is 3.97. The number of hydrogen-bond acceptors (Lipinski definition) is 5. The van der Waals surface area contributed by atoms with Crippen molar-refractivity contribution < 1.29 is 22.1 Å². The van der Waals surface area contributed by atoms with Crippen LogP contribution in [-0.2, 0) is 31.2 Å². The minimum atomic E-state index is -2.89. The van der Waals surface area contributed by atoms with Crippen molar-refractivity contribution >= 4 is 11.0 Å². The number of thiol groups is 1. The van der Waals surface area contributed by atoms with Crippen molar-refractivity contribution in [1.29, 1.82) is 0 Å². The van der Waals surface area contributed by atoms with E-state index in [0.717, 1.165) is 5.56 Å². The second kappa shape index (κ2) is 7.89. The van der Waals surface area contributed by atoms with E-state index in [2.05, 4.69) is 13.8 Å². The lowest BCUT2D eigenvalue weighted by Gasteiger charge is -2.37. The van der Waals surface area contributed by atoms with Crippen molar-refractivity contribution in [1.82, 2.24) is 0 Å². The van der Waals surface area contributed by atoms with E-state index in [1.807, 2.05) is 30.3 Å². The molecule has 1 unspecified atom stereocenters. The number of ether oxygens (including phenoxy) is 2. The molecule has 21 heavy (non-hydrogen) atoms. The van der Waals surface area contributed by atoms with Crippen LogP contribution in [0.15, 0.2) is 30.3 Å². The molecule has 0 spiro atoms. The van der Waals surface area contributed by atoms with Gasteiger partial charge in [-0.3, -0.25) is 0 Å². The second-order valence-electron chi connectivity index (χ2n) is 5.51. The van der Waals surface area contributed by atoms with Gasteiger partial charge in [0.05, 0.1) is 19.3 Å². The summed E-state index contributed by atoms with van der Waals surface area (Å²) in [7, 11) is -2.89. The van der Waals surface area contributed by atoms with E-state index in [9.17, 15) is 8.42 Å². The largest absolute Gasteiger partial charge is 0.374 e. The fourth-order valence-corrected chi connectivity index (χ4v) is 2.81. The highest BCUT2D eigenvalue weighted by molar-refractivity contribution is 7.67. The third kappa shape index (κ3) is 5.07. The molecule has 0 amide bonds. The van der Waals surface area contributed by atoms with Gasteiger partial charge >= 0.3 is 0 Å². The van der Waals surface area contributed by atoms with Gasteiger partial charge in [-0.25, -0.2) is 12.6 Å². The molecule has 4 atom stereocenters. The number of benzene rings is 1. The summed E-state index contributed by atoms with van der Waals surface area (Å²) in [6.45, 7) is 5.11. The fourth-order valence-electron chi connectivity index (χ4n) is 2.48. The molecule has 0 radical (unpaired) electrons. The Balaban J connectivity index is 1.85. The molecule has 1 aliphatic heterocycles. The zero-order valence-corrected chi connectivity index (χ0v) is 13.2. The van der Waals surface area contributed by atoms with Crippen molar-refractivity contribution in [3.8, 4) is 0 Å². The quantitative estimate of drug-likeness (QED) is 0.815. The SMILES string of the molecule is C[C@@H]1C[C@@H](O[SH](=O)=O)OC(COCc2ccccc2)[C@H]1C. The maximum atomic E-state index is 10.7. The Labute approximate surface area is 127 Å². The van der Waals surface area contributed by atoms with Crippen LogP contribution < -0.4 is 0 Å². The summed E-state index contributed by atoms with van der Waals surface area (Å²) in [5.41, 5.74) is 1.10. The van der Waals surface area contributed by atoms with Crippen molar-refractivity contribution in [2.24, 2.45) is 11.8 Å². The van der Waals surface area contributed by atoms with Gasteiger partial charge in [-0.15, -0.1) is 0 Å². The summed E-state index contributed by atoms with van der Waals surface area (Å²) in [5.74, 6) is 0.620. The summed E-state index contributed by atoms with van der Waals surface area (Å²) in [6, 6.07) is 9.90. The zero-order chi connectivity index (χ0) is 15.2. The standard InChI is InChI=1S/C15H22O5S/c1-11-8-15(20-21(16)17)19-14(12(11)2)10-18-9-13-6-4-3-5-7-13/h3-7,11-12,14-15,21H,8-10H2,1-2H3/t11-,12+,14?,15-/m1/s1. The van der Waals surface area contributed by atoms with Crippen molar-refractivity contribution in [3.05, 3.63) is 35.9 Å². The lowest BCUT2D eigenvalue weighted by molar-refractivity contribution is -0.194. The van der Waals surface area contributed by atoms with Crippen LogP contribution in [-0.4, -0.2) is 27.4 Å². The van der Waals surface area contributed by atoms with E-state index >= 15 is 0 Å². The lowest BCUT2D eigenvalue weighted by atomic mass is 9.86. The minimum absolute atomic E-state index is 0.155. The molecule has 1 aromatic rings. The first kappa shape index (κ1) is 16.4. The molecule has 0 aromatic heterocycles. The molecule has 1 aliphatic rings. The first-order chi connectivity index (χ1) is 10.1. The van der Waals surface area contributed by atoms with E-state index in [0.29, 0.717) is 31.5 Å². The van der Waals surface area contributed by atoms with Crippen molar-refractivity contribution in [2.45, 2.75) is 39.3 Å². The third-order valence-corrected chi connectivity index (χ3v) is 4.38. The average molecular weight is 314 g/mol. The lowest BCUT2D eigenvalue weighted by Crippen LogP contribution is -2.42. The Morgan fingerprint density at radius 1 is 1.24 bits per heavy atom. The molecule has 1 saturated heterocycles. The molecule has 1 aromatic carbocycles. The van der Waals surface area contributed by atoms with Crippen molar-refractivity contribution in [2.75, 3.05) is 6.61 Å². The molecule has 0 bridgehead atoms. The summed E-state index contributed by atoms with van der Waals surface area (Å²) in [6.07, 6.45) is -0.264. The van der Waals surface area contributed by atoms with Crippen LogP contribution in [0.2, 0.25) is 0 Å². The predicted octanol–water partition coefficient (Wildman–Crippen LogP) is 2.13. The van der Waals surface area contributed by atoms with Gasteiger partial charge in [0.25, 0.3) is 11.0 Å². The maximum absolute atomic E-state index is 10.7. The Morgan fingerprint density at radius 2 is 1.95 bits per heavy atom. The molecule has 118 valence electrons. The van der Waals surface area contributed by atoms with E-state index in [1.165, 1.54) is 0 Å². The van der Waals surface area contributed by atoms with Crippen LogP contribution in [0.5, 0.6) is 0 Å². The Bertz CT molecular complexity index is 494. The van der Waals surface area contributed by atoms with Crippen molar-refractivity contribution in [3.63, 3.8) is 0 Å². The van der Waals surface area contributed by atoms with E-state index < -0.39 is 17.3 Å². The highest BCUT2D eigenvalue weighted by atomic mass is 32.2. The monoisotopic (exact) mass is 314 g/mol.